The minimum Gasteiger partial charge on any atom is -0.489 e. The van der Waals surface area contributed by atoms with Crippen molar-refractivity contribution in [1.29, 1.82) is 0 Å². The predicted molar refractivity (Wildman–Crippen MR) is 56.1 cm³/mol. The minimum atomic E-state index is -3.80. The lowest BCUT2D eigenvalue weighted by Gasteiger charge is -2.09. The molecular formula is C8H10N2O6S. The van der Waals surface area contributed by atoms with E-state index in [0.717, 1.165) is 17.9 Å². The Labute approximate surface area is 96.4 Å². The number of ether oxygens (including phenoxy) is 1. The van der Waals surface area contributed by atoms with Gasteiger partial charge in [-0.25, -0.2) is 18.2 Å². The number of aromatic carboxylic acids is 1. The van der Waals surface area contributed by atoms with Gasteiger partial charge in [0, 0.05) is 13.3 Å². The molecule has 1 N–H and O–H groups in total. The second-order valence-corrected chi connectivity index (χ2v) is 5.13. The Kier molecular flexibility index (Phi) is 3.23. The standard InChI is InChI=1S/C8H10N2O6S/c1-10-6(11)5(16-2)4(7(12)13)9-8(10)17(3,14)15/h1-3H3,(H,12,13). The topological polar surface area (TPSA) is 116 Å². The molecule has 1 heterocycles. The molecule has 0 radical (unpaired) electrons. The number of aromatic nitrogens is 2. The van der Waals surface area contributed by atoms with Crippen LogP contribution in [-0.4, -0.2) is 42.4 Å². The highest BCUT2D eigenvalue weighted by molar-refractivity contribution is 7.90. The number of nitrogens with zero attached hydrogens (tertiary/aromatic N) is 2. The van der Waals surface area contributed by atoms with Crippen molar-refractivity contribution in [3.8, 4) is 5.75 Å². The van der Waals surface area contributed by atoms with Crippen molar-refractivity contribution in [2.75, 3.05) is 13.4 Å². The van der Waals surface area contributed by atoms with Gasteiger partial charge in [-0.3, -0.25) is 9.36 Å². The highest BCUT2D eigenvalue weighted by Gasteiger charge is 2.24. The van der Waals surface area contributed by atoms with Crippen molar-refractivity contribution in [2.24, 2.45) is 7.05 Å². The van der Waals surface area contributed by atoms with Crippen LogP contribution in [0.4, 0.5) is 0 Å². The first-order valence-electron chi connectivity index (χ1n) is 4.28. The number of sulfone groups is 1. The molecule has 0 aliphatic heterocycles. The monoisotopic (exact) mass is 262 g/mol. The summed E-state index contributed by atoms with van der Waals surface area (Å²) in [6.45, 7) is 0. The maximum absolute atomic E-state index is 11.7. The lowest BCUT2D eigenvalue weighted by Crippen LogP contribution is -2.28. The van der Waals surface area contributed by atoms with Gasteiger partial charge in [0.25, 0.3) is 5.56 Å². The van der Waals surface area contributed by atoms with Crippen LogP contribution >= 0.6 is 0 Å². The van der Waals surface area contributed by atoms with E-state index in [1.807, 2.05) is 0 Å². The second kappa shape index (κ2) is 4.17. The molecule has 9 heteroatoms. The third-order valence-electron chi connectivity index (χ3n) is 1.95. The predicted octanol–water partition coefficient (Wildman–Crippen LogP) is -1.11. The number of carboxylic acid groups (broad SMARTS) is 1. The third kappa shape index (κ3) is 2.28. The SMILES string of the molecule is COc1c(C(=O)O)nc(S(C)(=O)=O)n(C)c1=O. The Morgan fingerprint density at radius 3 is 2.35 bits per heavy atom. The van der Waals surface area contributed by atoms with Crippen LogP contribution < -0.4 is 10.3 Å². The molecule has 0 atom stereocenters. The molecular weight excluding hydrogens is 252 g/mol. The number of hydrogen-bond acceptors (Lipinski definition) is 6. The summed E-state index contributed by atoms with van der Waals surface area (Å²) in [5.41, 5.74) is -1.60. The molecule has 1 aromatic rings. The van der Waals surface area contributed by atoms with Gasteiger partial charge in [-0.05, 0) is 0 Å². The van der Waals surface area contributed by atoms with Gasteiger partial charge in [-0.15, -0.1) is 0 Å². The maximum Gasteiger partial charge on any atom is 0.358 e. The van der Waals surface area contributed by atoms with Crippen LogP contribution in [0.1, 0.15) is 10.5 Å². The quantitative estimate of drug-likeness (QED) is 0.686. The Hall–Kier alpha value is -1.90. The summed E-state index contributed by atoms with van der Waals surface area (Å²) in [5.74, 6) is -2.04. The molecule has 17 heavy (non-hydrogen) atoms. The second-order valence-electron chi connectivity index (χ2n) is 3.22. The van der Waals surface area contributed by atoms with E-state index in [4.69, 9.17) is 5.11 Å². The fraction of sp³-hybridized carbons (Fsp3) is 0.375. The fourth-order valence-corrected chi connectivity index (χ4v) is 2.06. The molecule has 0 aliphatic rings. The van der Waals surface area contributed by atoms with Crippen LogP contribution in [0.5, 0.6) is 5.75 Å². The molecule has 8 nitrogen and oxygen atoms in total. The van der Waals surface area contributed by atoms with Crippen molar-refractivity contribution >= 4 is 15.8 Å². The van der Waals surface area contributed by atoms with Crippen molar-refractivity contribution in [3.63, 3.8) is 0 Å². The Morgan fingerprint density at radius 1 is 1.47 bits per heavy atom. The van der Waals surface area contributed by atoms with Crippen molar-refractivity contribution in [3.05, 3.63) is 16.0 Å². The molecule has 0 spiro atoms. The van der Waals surface area contributed by atoms with Crippen LogP contribution in [0.2, 0.25) is 0 Å². The van der Waals surface area contributed by atoms with E-state index in [2.05, 4.69) is 9.72 Å². The van der Waals surface area contributed by atoms with E-state index >= 15 is 0 Å². The number of hydrogen-bond donors (Lipinski definition) is 1. The van der Waals surface area contributed by atoms with Crippen LogP contribution in [0.15, 0.2) is 9.95 Å². The Bertz CT molecular complexity index is 630. The largest absolute Gasteiger partial charge is 0.489 e. The zero-order chi connectivity index (χ0) is 13.4. The molecule has 0 unspecified atom stereocenters. The van der Waals surface area contributed by atoms with E-state index in [9.17, 15) is 18.0 Å². The lowest BCUT2D eigenvalue weighted by atomic mass is 10.4. The summed E-state index contributed by atoms with van der Waals surface area (Å²) in [4.78, 5) is 25.9. The Balaban J connectivity index is 3.83. The summed E-state index contributed by atoms with van der Waals surface area (Å²) in [5, 5.41) is 8.19. The molecule has 0 amide bonds. The van der Waals surface area contributed by atoms with Crippen LogP contribution in [-0.2, 0) is 16.9 Å². The fourth-order valence-electron chi connectivity index (χ4n) is 1.22. The van der Waals surface area contributed by atoms with Gasteiger partial charge in [0.15, 0.2) is 5.69 Å². The molecule has 0 aromatic carbocycles. The van der Waals surface area contributed by atoms with Crippen molar-refractivity contribution < 1.29 is 23.1 Å². The van der Waals surface area contributed by atoms with Crippen LogP contribution in [0, 0.1) is 0 Å². The van der Waals surface area contributed by atoms with E-state index in [0.29, 0.717) is 0 Å². The molecule has 1 aromatic heterocycles. The minimum absolute atomic E-state index is 0.507. The molecule has 0 saturated heterocycles. The summed E-state index contributed by atoms with van der Waals surface area (Å²) in [7, 11) is -1.54. The number of carbonyl (C=O) groups is 1. The number of carboxylic acids is 1. The third-order valence-corrected chi connectivity index (χ3v) is 2.98. The van der Waals surface area contributed by atoms with Gasteiger partial charge in [-0.1, -0.05) is 0 Å². The van der Waals surface area contributed by atoms with Gasteiger partial charge < -0.3 is 9.84 Å². The smallest absolute Gasteiger partial charge is 0.358 e. The first-order valence-corrected chi connectivity index (χ1v) is 6.17. The highest BCUT2D eigenvalue weighted by atomic mass is 32.2. The number of methoxy groups -OCH3 is 1. The van der Waals surface area contributed by atoms with Crippen LogP contribution in [0.25, 0.3) is 0 Å². The van der Waals surface area contributed by atoms with E-state index < -0.39 is 38.0 Å². The van der Waals surface area contributed by atoms with Crippen molar-refractivity contribution in [1.82, 2.24) is 9.55 Å². The van der Waals surface area contributed by atoms with E-state index in [-0.39, 0.29) is 0 Å². The first-order chi connectivity index (χ1) is 7.70. The first kappa shape index (κ1) is 13.2. The van der Waals surface area contributed by atoms with Gasteiger partial charge in [0.1, 0.15) is 0 Å². The molecule has 94 valence electrons. The van der Waals surface area contributed by atoms with E-state index in [1.165, 1.54) is 7.05 Å². The Morgan fingerprint density at radius 2 is 2.00 bits per heavy atom. The van der Waals surface area contributed by atoms with E-state index in [1.54, 1.807) is 0 Å². The average molecular weight is 262 g/mol. The molecule has 1 rings (SSSR count). The van der Waals surface area contributed by atoms with Gasteiger partial charge in [0.05, 0.1) is 7.11 Å². The average Bonchev–Trinajstić information content (AvgIpc) is 2.19. The zero-order valence-electron chi connectivity index (χ0n) is 9.29. The van der Waals surface area contributed by atoms with Crippen LogP contribution in [0.3, 0.4) is 0 Å². The zero-order valence-corrected chi connectivity index (χ0v) is 10.1. The normalized spacial score (nSPS) is 11.2. The summed E-state index contributed by atoms with van der Waals surface area (Å²) in [6, 6.07) is 0. The van der Waals surface area contributed by atoms with Gasteiger partial charge in [-0.2, -0.15) is 0 Å². The molecule has 0 saturated carbocycles. The number of rotatable bonds is 3. The van der Waals surface area contributed by atoms with Gasteiger partial charge >= 0.3 is 5.97 Å². The molecule has 0 fully saturated rings. The summed E-state index contributed by atoms with van der Waals surface area (Å²) < 4.78 is 28.0. The van der Waals surface area contributed by atoms with Crippen molar-refractivity contribution in [2.45, 2.75) is 5.16 Å². The highest BCUT2D eigenvalue weighted by Crippen LogP contribution is 2.13. The molecule has 0 bridgehead atoms. The molecule has 0 aliphatic carbocycles. The summed E-state index contributed by atoms with van der Waals surface area (Å²) in [6.07, 6.45) is 0.826. The lowest BCUT2D eigenvalue weighted by molar-refractivity contribution is 0.0684. The summed E-state index contributed by atoms with van der Waals surface area (Å²) >= 11 is 0. The maximum atomic E-state index is 11.7. The van der Waals surface area contributed by atoms with Gasteiger partial charge in [0.2, 0.25) is 20.7 Å².